The molecule has 0 saturated carbocycles. The Morgan fingerprint density at radius 1 is 0.771 bits per heavy atom. The second-order valence-corrected chi connectivity index (χ2v) is 8.38. The smallest absolute Gasteiger partial charge is 0.266 e. The van der Waals surface area contributed by atoms with Crippen molar-refractivity contribution in [1.82, 2.24) is 0 Å². The lowest BCUT2D eigenvalue weighted by atomic mass is 9.89. The fourth-order valence-corrected chi connectivity index (χ4v) is 4.94. The monoisotopic (exact) mass is 474 g/mol. The topological polar surface area (TPSA) is 77.5 Å². The summed E-state index contributed by atoms with van der Waals surface area (Å²) in [6, 6.07) is 19.6. The first-order valence-corrected chi connectivity index (χ1v) is 11.2. The Hall–Kier alpha value is -4.04. The van der Waals surface area contributed by atoms with Crippen molar-refractivity contribution in [3.8, 4) is 17.2 Å². The summed E-state index contributed by atoms with van der Waals surface area (Å²) in [6.07, 6.45) is -0.981. The summed E-state index contributed by atoms with van der Waals surface area (Å²) in [6.45, 7) is 1.87. The number of aryl methyl sites for hydroxylation is 1. The minimum atomic E-state index is -0.981. The molecule has 0 N–H and O–H groups in total. The molecule has 8 heteroatoms. The number of imide groups is 1. The first-order chi connectivity index (χ1) is 17.0. The van der Waals surface area contributed by atoms with Gasteiger partial charge in [-0.3, -0.25) is 14.4 Å². The molecular weight excluding hydrogens is 448 g/mol. The quantitative estimate of drug-likeness (QED) is 0.499. The normalized spacial score (nSPS) is 21.3. The second-order valence-electron chi connectivity index (χ2n) is 8.38. The van der Waals surface area contributed by atoms with Crippen molar-refractivity contribution in [2.24, 2.45) is 5.92 Å². The van der Waals surface area contributed by atoms with Gasteiger partial charge in [-0.25, -0.2) is 9.96 Å². The van der Waals surface area contributed by atoms with E-state index in [-0.39, 0.29) is 5.91 Å². The Kier molecular flexibility index (Phi) is 5.82. The first kappa shape index (κ1) is 22.7. The van der Waals surface area contributed by atoms with Crippen LogP contribution in [0.1, 0.15) is 17.2 Å². The highest BCUT2D eigenvalue weighted by atomic mass is 16.7. The van der Waals surface area contributed by atoms with Crippen LogP contribution in [0.15, 0.2) is 66.7 Å². The number of rotatable bonds is 6. The van der Waals surface area contributed by atoms with Crippen LogP contribution in [0.3, 0.4) is 0 Å². The number of carbonyl (C=O) groups excluding carboxylic acids is 2. The number of nitrogens with zero attached hydrogens (tertiary/aromatic N) is 2. The Balaban J connectivity index is 1.67. The van der Waals surface area contributed by atoms with Crippen molar-refractivity contribution >= 4 is 23.2 Å². The van der Waals surface area contributed by atoms with Crippen LogP contribution < -0.4 is 24.2 Å². The van der Waals surface area contributed by atoms with Gasteiger partial charge in [-0.2, -0.15) is 0 Å². The van der Waals surface area contributed by atoms with Gasteiger partial charge in [0.05, 0.1) is 32.7 Å². The fraction of sp³-hybridized carbons (Fsp3) is 0.259. The highest BCUT2D eigenvalue weighted by molar-refractivity contribution is 6.24. The number of ether oxygens (including phenoxy) is 3. The zero-order chi connectivity index (χ0) is 24.7. The highest BCUT2D eigenvalue weighted by Crippen LogP contribution is 2.52. The average molecular weight is 475 g/mol. The molecule has 0 spiro atoms. The minimum Gasteiger partial charge on any atom is -0.493 e. The number of hydrogen-bond donors (Lipinski definition) is 0. The standard InChI is InChI=1S/C27H26N2O6/c1-16-10-8-9-13-19(16)28-26(30)21-22(18-14-15-20(32-2)24(34-4)23(18)33-3)29(35-25(21)27(28)31)17-11-6-5-7-12-17/h5-15,21-22,25H,1-4H3/t21-,22-,25-/m1/s1. The number of hydroxylamine groups is 1. The van der Waals surface area contributed by atoms with Crippen LogP contribution in [0.25, 0.3) is 0 Å². The summed E-state index contributed by atoms with van der Waals surface area (Å²) in [7, 11) is 4.60. The van der Waals surface area contributed by atoms with Crippen molar-refractivity contribution in [2.75, 3.05) is 31.3 Å². The SMILES string of the molecule is COc1ccc([C@@H]2[C@H]3C(=O)N(c4ccccc4C)C(=O)[C@@H]3ON2c2ccccc2)c(OC)c1OC. The van der Waals surface area contributed by atoms with E-state index in [1.165, 1.54) is 19.1 Å². The fourth-order valence-electron chi connectivity index (χ4n) is 4.94. The Morgan fingerprint density at radius 3 is 2.11 bits per heavy atom. The largest absolute Gasteiger partial charge is 0.493 e. The van der Waals surface area contributed by atoms with E-state index in [4.69, 9.17) is 19.0 Å². The lowest BCUT2D eigenvalue weighted by molar-refractivity contribution is -0.126. The van der Waals surface area contributed by atoms with E-state index in [2.05, 4.69) is 0 Å². The van der Waals surface area contributed by atoms with Crippen molar-refractivity contribution in [2.45, 2.75) is 19.1 Å². The van der Waals surface area contributed by atoms with Crippen molar-refractivity contribution < 1.29 is 28.6 Å². The molecule has 35 heavy (non-hydrogen) atoms. The summed E-state index contributed by atoms with van der Waals surface area (Å²) in [5.41, 5.74) is 2.75. The zero-order valence-electron chi connectivity index (χ0n) is 19.9. The maximum atomic E-state index is 13.9. The molecule has 2 saturated heterocycles. The molecule has 2 amide bonds. The predicted octanol–water partition coefficient (Wildman–Crippen LogP) is 4.07. The van der Waals surface area contributed by atoms with Gasteiger partial charge in [0.15, 0.2) is 17.6 Å². The molecule has 0 aliphatic carbocycles. The molecule has 0 aromatic heterocycles. The molecule has 2 fully saturated rings. The number of methoxy groups -OCH3 is 3. The summed E-state index contributed by atoms with van der Waals surface area (Å²) in [4.78, 5) is 34.9. The van der Waals surface area contributed by atoms with Crippen LogP contribution in [0, 0.1) is 12.8 Å². The third kappa shape index (κ3) is 3.49. The van der Waals surface area contributed by atoms with Gasteiger partial charge in [-0.15, -0.1) is 0 Å². The van der Waals surface area contributed by atoms with E-state index in [1.54, 1.807) is 24.3 Å². The molecule has 3 aromatic rings. The van der Waals surface area contributed by atoms with Gasteiger partial charge in [0.25, 0.3) is 5.91 Å². The number of carbonyl (C=O) groups is 2. The van der Waals surface area contributed by atoms with E-state index in [1.807, 2.05) is 61.5 Å². The van der Waals surface area contributed by atoms with E-state index < -0.39 is 24.0 Å². The third-order valence-electron chi connectivity index (χ3n) is 6.54. The number of fused-ring (bicyclic) bond motifs is 1. The number of para-hydroxylation sites is 2. The van der Waals surface area contributed by atoms with Gasteiger partial charge in [0, 0.05) is 5.56 Å². The summed E-state index contributed by atoms with van der Waals surface area (Å²) in [5.74, 6) is -0.209. The minimum absolute atomic E-state index is 0.324. The van der Waals surface area contributed by atoms with E-state index >= 15 is 0 Å². The van der Waals surface area contributed by atoms with E-state index in [9.17, 15) is 9.59 Å². The van der Waals surface area contributed by atoms with Crippen LogP contribution in [-0.4, -0.2) is 39.2 Å². The highest BCUT2D eigenvalue weighted by Gasteiger charge is 2.61. The first-order valence-electron chi connectivity index (χ1n) is 11.2. The molecule has 3 aromatic carbocycles. The van der Waals surface area contributed by atoms with Crippen LogP contribution in [0.4, 0.5) is 11.4 Å². The van der Waals surface area contributed by atoms with Crippen molar-refractivity contribution in [3.05, 3.63) is 77.9 Å². The van der Waals surface area contributed by atoms with Gasteiger partial charge < -0.3 is 14.2 Å². The molecule has 2 heterocycles. The van der Waals surface area contributed by atoms with Gasteiger partial charge in [-0.05, 0) is 42.8 Å². The maximum Gasteiger partial charge on any atom is 0.266 e. The molecule has 8 nitrogen and oxygen atoms in total. The average Bonchev–Trinajstić information content (AvgIpc) is 3.39. The van der Waals surface area contributed by atoms with Crippen LogP contribution in [-0.2, 0) is 14.4 Å². The van der Waals surface area contributed by atoms with Crippen molar-refractivity contribution in [1.29, 1.82) is 0 Å². The lowest BCUT2D eigenvalue weighted by Crippen LogP contribution is -2.37. The molecule has 2 aliphatic rings. The van der Waals surface area contributed by atoms with Gasteiger partial charge in [0.1, 0.15) is 12.0 Å². The Morgan fingerprint density at radius 2 is 1.46 bits per heavy atom. The van der Waals surface area contributed by atoms with Gasteiger partial charge in [-0.1, -0.05) is 36.4 Å². The van der Waals surface area contributed by atoms with E-state index in [0.717, 1.165) is 5.56 Å². The molecule has 3 atom stereocenters. The van der Waals surface area contributed by atoms with E-state index in [0.29, 0.717) is 34.2 Å². The summed E-state index contributed by atoms with van der Waals surface area (Å²) >= 11 is 0. The lowest BCUT2D eigenvalue weighted by Gasteiger charge is -2.30. The zero-order valence-corrected chi connectivity index (χ0v) is 19.9. The number of amides is 2. The van der Waals surface area contributed by atoms with Gasteiger partial charge in [0.2, 0.25) is 11.7 Å². The maximum absolute atomic E-state index is 13.9. The molecule has 180 valence electrons. The molecule has 0 unspecified atom stereocenters. The van der Waals surface area contributed by atoms with Crippen LogP contribution in [0.2, 0.25) is 0 Å². The van der Waals surface area contributed by atoms with Gasteiger partial charge >= 0.3 is 0 Å². The molecule has 2 aliphatic heterocycles. The third-order valence-corrected chi connectivity index (χ3v) is 6.54. The Labute approximate surface area is 203 Å². The predicted molar refractivity (Wildman–Crippen MR) is 130 cm³/mol. The molecule has 0 bridgehead atoms. The second kappa shape index (κ2) is 8.96. The molecular formula is C27H26N2O6. The molecule has 0 radical (unpaired) electrons. The number of hydrogen-bond acceptors (Lipinski definition) is 7. The van der Waals surface area contributed by atoms with Crippen molar-refractivity contribution in [3.63, 3.8) is 0 Å². The number of anilines is 2. The van der Waals surface area contributed by atoms with Crippen LogP contribution >= 0.6 is 0 Å². The van der Waals surface area contributed by atoms with Crippen LogP contribution in [0.5, 0.6) is 17.2 Å². The Bertz CT molecular complexity index is 1280. The molecule has 5 rings (SSSR count). The summed E-state index contributed by atoms with van der Waals surface area (Å²) < 4.78 is 16.8. The summed E-state index contributed by atoms with van der Waals surface area (Å²) in [5, 5.41) is 1.63. The number of benzene rings is 3.